The summed E-state index contributed by atoms with van der Waals surface area (Å²) in [6.07, 6.45) is 5.80. The number of nitrogens with zero attached hydrogens (tertiary/aromatic N) is 3. The summed E-state index contributed by atoms with van der Waals surface area (Å²) < 4.78 is 2.17. The van der Waals surface area contributed by atoms with E-state index in [4.69, 9.17) is 0 Å². The van der Waals surface area contributed by atoms with Crippen molar-refractivity contribution < 1.29 is 9.90 Å². The Balaban J connectivity index is 1.94. The summed E-state index contributed by atoms with van der Waals surface area (Å²) >= 11 is 0. The van der Waals surface area contributed by atoms with Crippen LogP contribution in [0.25, 0.3) is 0 Å². The summed E-state index contributed by atoms with van der Waals surface area (Å²) in [6.45, 7) is 6.47. The maximum absolute atomic E-state index is 11.4. The van der Waals surface area contributed by atoms with Gasteiger partial charge in [-0.05, 0) is 46.1 Å². The van der Waals surface area contributed by atoms with Gasteiger partial charge >= 0.3 is 5.97 Å². The number of hydrogen-bond acceptors (Lipinski definition) is 3. The topological polar surface area (TPSA) is 58.4 Å². The largest absolute Gasteiger partial charge is 0.481 e. The number of carbonyl (C=O) groups is 1. The van der Waals surface area contributed by atoms with Crippen LogP contribution in [0.3, 0.4) is 0 Å². The second-order valence-electron chi connectivity index (χ2n) is 6.22. The van der Waals surface area contributed by atoms with Crippen molar-refractivity contribution in [2.24, 2.45) is 0 Å². The molecule has 5 heteroatoms. The summed E-state index contributed by atoms with van der Waals surface area (Å²) in [5.41, 5.74) is 0.898. The molecule has 0 aromatic carbocycles. The average Bonchev–Trinajstić information content (AvgIpc) is 3.03. The van der Waals surface area contributed by atoms with E-state index < -0.39 is 5.97 Å². The van der Waals surface area contributed by atoms with Crippen molar-refractivity contribution in [2.45, 2.75) is 64.1 Å². The third-order valence-corrected chi connectivity index (χ3v) is 4.70. The molecule has 5 nitrogen and oxygen atoms in total. The van der Waals surface area contributed by atoms with Crippen LogP contribution in [-0.4, -0.2) is 38.1 Å². The minimum Gasteiger partial charge on any atom is -0.481 e. The minimum atomic E-state index is -0.718. The monoisotopic (exact) mass is 277 g/mol. The van der Waals surface area contributed by atoms with E-state index in [9.17, 15) is 9.90 Å². The van der Waals surface area contributed by atoms with Gasteiger partial charge in [0.1, 0.15) is 5.82 Å². The van der Waals surface area contributed by atoms with Gasteiger partial charge < -0.3 is 9.67 Å². The van der Waals surface area contributed by atoms with E-state index in [0.29, 0.717) is 12.1 Å². The van der Waals surface area contributed by atoms with Crippen molar-refractivity contribution in [1.29, 1.82) is 0 Å². The Bertz CT molecular complexity index is 509. The fourth-order valence-electron chi connectivity index (χ4n) is 3.73. The first-order valence-corrected chi connectivity index (χ1v) is 7.63. The van der Waals surface area contributed by atoms with Crippen LogP contribution in [0.2, 0.25) is 0 Å². The SMILES string of the molecule is CC(C)N1CCCC1c1ncc2n1CCCC2C(=O)O. The van der Waals surface area contributed by atoms with Gasteiger partial charge in [-0.15, -0.1) is 0 Å². The second kappa shape index (κ2) is 5.20. The summed E-state index contributed by atoms with van der Waals surface area (Å²) in [5.74, 6) is -0.0133. The summed E-state index contributed by atoms with van der Waals surface area (Å²) in [6, 6.07) is 0.866. The van der Waals surface area contributed by atoms with E-state index in [-0.39, 0.29) is 5.92 Å². The molecule has 0 saturated carbocycles. The normalized spacial score (nSPS) is 26.9. The molecule has 0 amide bonds. The third-order valence-electron chi connectivity index (χ3n) is 4.70. The molecule has 2 aliphatic rings. The van der Waals surface area contributed by atoms with Gasteiger partial charge in [0, 0.05) is 18.8 Å². The first-order valence-electron chi connectivity index (χ1n) is 7.63. The maximum Gasteiger partial charge on any atom is 0.312 e. The van der Waals surface area contributed by atoms with E-state index in [2.05, 4.69) is 28.3 Å². The Hall–Kier alpha value is -1.36. The predicted octanol–water partition coefficient (Wildman–Crippen LogP) is 2.39. The lowest BCUT2D eigenvalue weighted by Crippen LogP contribution is -2.32. The summed E-state index contributed by atoms with van der Waals surface area (Å²) in [7, 11) is 0. The molecule has 1 N–H and O–H groups in total. The molecule has 2 aliphatic heterocycles. The molecule has 1 fully saturated rings. The number of aromatic nitrogens is 2. The fourth-order valence-corrected chi connectivity index (χ4v) is 3.73. The molecule has 20 heavy (non-hydrogen) atoms. The van der Waals surface area contributed by atoms with Crippen LogP contribution in [0.15, 0.2) is 6.20 Å². The van der Waals surface area contributed by atoms with Gasteiger partial charge in [0.15, 0.2) is 0 Å². The van der Waals surface area contributed by atoms with Gasteiger partial charge in [0.05, 0.1) is 17.7 Å². The molecule has 3 rings (SSSR count). The van der Waals surface area contributed by atoms with Crippen LogP contribution < -0.4 is 0 Å². The first kappa shape index (κ1) is 13.6. The van der Waals surface area contributed by atoms with Crippen molar-refractivity contribution in [3.05, 3.63) is 17.7 Å². The highest BCUT2D eigenvalue weighted by atomic mass is 16.4. The Kier molecular flexibility index (Phi) is 3.54. The number of carboxylic acid groups (broad SMARTS) is 1. The van der Waals surface area contributed by atoms with Crippen LogP contribution in [0.5, 0.6) is 0 Å². The number of rotatable bonds is 3. The molecule has 0 aliphatic carbocycles. The number of likely N-dealkylation sites (tertiary alicyclic amines) is 1. The van der Waals surface area contributed by atoms with E-state index >= 15 is 0 Å². The van der Waals surface area contributed by atoms with Gasteiger partial charge in [-0.25, -0.2) is 4.98 Å². The standard InChI is InChI=1S/C15H23N3O2/c1-10(2)17-7-4-6-12(17)14-16-9-13-11(15(19)20)5-3-8-18(13)14/h9-12H,3-8H2,1-2H3,(H,19,20). The molecular formula is C15H23N3O2. The van der Waals surface area contributed by atoms with Crippen LogP contribution >= 0.6 is 0 Å². The van der Waals surface area contributed by atoms with Gasteiger partial charge in [-0.1, -0.05) is 0 Å². The highest BCUT2D eigenvalue weighted by molar-refractivity contribution is 5.75. The zero-order chi connectivity index (χ0) is 14.3. The quantitative estimate of drug-likeness (QED) is 0.921. The molecule has 2 atom stereocenters. The fraction of sp³-hybridized carbons (Fsp3) is 0.733. The molecule has 1 aromatic rings. The number of fused-ring (bicyclic) bond motifs is 1. The Morgan fingerprint density at radius 2 is 2.10 bits per heavy atom. The van der Waals surface area contributed by atoms with Crippen molar-refractivity contribution in [3.8, 4) is 0 Å². The van der Waals surface area contributed by atoms with Crippen LogP contribution in [0.4, 0.5) is 0 Å². The first-order chi connectivity index (χ1) is 9.59. The second-order valence-corrected chi connectivity index (χ2v) is 6.22. The Morgan fingerprint density at radius 3 is 2.80 bits per heavy atom. The highest BCUT2D eigenvalue weighted by Crippen LogP contribution is 2.36. The zero-order valence-corrected chi connectivity index (χ0v) is 12.2. The molecule has 2 unspecified atom stereocenters. The molecule has 0 bridgehead atoms. The van der Waals surface area contributed by atoms with Crippen molar-refractivity contribution in [2.75, 3.05) is 6.54 Å². The zero-order valence-electron chi connectivity index (χ0n) is 12.2. The molecule has 3 heterocycles. The van der Waals surface area contributed by atoms with Crippen LogP contribution in [0, 0.1) is 0 Å². The lowest BCUT2D eigenvalue weighted by atomic mass is 9.96. The van der Waals surface area contributed by atoms with Gasteiger partial charge in [-0.2, -0.15) is 0 Å². The lowest BCUT2D eigenvalue weighted by molar-refractivity contribution is -0.139. The van der Waals surface area contributed by atoms with Gasteiger partial charge in [0.25, 0.3) is 0 Å². The lowest BCUT2D eigenvalue weighted by Gasteiger charge is -2.30. The van der Waals surface area contributed by atoms with Crippen LogP contribution in [0.1, 0.15) is 63.0 Å². The van der Waals surface area contributed by atoms with Gasteiger partial charge in [0.2, 0.25) is 0 Å². The van der Waals surface area contributed by atoms with E-state index in [1.807, 2.05) is 0 Å². The molecule has 0 radical (unpaired) electrons. The van der Waals surface area contributed by atoms with Gasteiger partial charge in [-0.3, -0.25) is 9.69 Å². The van der Waals surface area contributed by atoms with Crippen molar-refractivity contribution in [1.82, 2.24) is 14.5 Å². The van der Waals surface area contributed by atoms with Crippen molar-refractivity contribution >= 4 is 5.97 Å². The van der Waals surface area contributed by atoms with E-state index in [1.54, 1.807) is 6.20 Å². The Morgan fingerprint density at radius 1 is 1.35 bits per heavy atom. The predicted molar refractivity (Wildman–Crippen MR) is 75.7 cm³/mol. The molecule has 1 saturated heterocycles. The molecule has 0 spiro atoms. The maximum atomic E-state index is 11.4. The average molecular weight is 277 g/mol. The number of imidazole rings is 1. The van der Waals surface area contributed by atoms with E-state index in [1.165, 1.54) is 6.42 Å². The Labute approximate surface area is 119 Å². The number of carboxylic acids is 1. The number of hydrogen-bond donors (Lipinski definition) is 1. The molecule has 1 aromatic heterocycles. The van der Waals surface area contributed by atoms with E-state index in [0.717, 1.165) is 43.9 Å². The minimum absolute atomic E-state index is 0.358. The van der Waals surface area contributed by atoms with Crippen molar-refractivity contribution in [3.63, 3.8) is 0 Å². The molecular weight excluding hydrogens is 254 g/mol. The number of aliphatic carboxylic acids is 1. The highest BCUT2D eigenvalue weighted by Gasteiger charge is 2.35. The van der Waals surface area contributed by atoms with Crippen LogP contribution in [-0.2, 0) is 11.3 Å². The summed E-state index contributed by atoms with van der Waals surface area (Å²) in [4.78, 5) is 18.5. The third kappa shape index (κ3) is 2.14. The smallest absolute Gasteiger partial charge is 0.312 e. The molecule has 110 valence electrons. The summed E-state index contributed by atoms with van der Waals surface area (Å²) in [5, 5.41) is 9.35.